The summed E-state index contributed by atoms with van der Waals surface area (Å²) in [6.07, 6.45) is 1.66. The third-order valence-electron chi connectivity index (χ3n) is 2.84. The van der Waals surface area contributed by atoms with Gasteiger partial charge in [-0.25, -0.2) is 0 Å². The van der Waals surface area contributed by atoms with Gasteiger partial charge in [0.2, 0.25) is 17.7 Å². The Morgan fingerprint density at radius 1 is 1.39 bits per heavy atom. The smallest absolute Gasteiger partial charge is 0.229 e. The molecule has 1 rings (SSSR count). The molecule has 6 nitrogen and oxygen atoms in total. The molecule has 102 valence electrons. The molecule has 1 aliphatic heterocycles. The molecule has 1 unspecified atom stereocenters. The van der Waals surface area contributed by atoms with E-state index in [9.17, 15) is 14.4 Å². The van der Waals surface area contributed by atoms with E-state index in [2.05, 4.69) is 5.32 Å². The second-order valence-electron chi connectivity index (χ2n) is 4.53. The lowest BCUT2D eigenvalue weighted by Gasteiger charge is -2.13. The normalized spacial score (nSPS) is 17.1. The number of amides is 3. The zero-order chi connectivity index (χ0) is 13.5. The number of nitrogens with one attached hydrogen (secondary N) is 1. The fraction of sp³-hybridized carbons (Fsp3) is 0.750. The first-order valence-electron chi connectivity index (χ1n) is 6.28. The molecule has 18 heavy (non-hydrogen) atoms. The summed E-state index contributed by atoms with van der Waals surface area (Å²) in [6, 6.07) is 0. The number of hydrogen-bond donors (Lipinski definition) is 2. The molecule has 0 spiro atoms. The molecule has 1 fully saturated rings. The number of rotatable bonds is 7. The van der Waals surface area contributed by atoms with Crippen LogP contribution in [0.3, 0.4) is 0 Å². The summed E-state index contributed by atoms with van der Waals surface area (Å²) in [5.41, 5.74) is 0. The van der Waals surface area contributed by atoms with Crippen LogP contribution in [0.4, 0.5) is 0 Å². The highest BCUT2D eigenvalue weighted by atomic mass is 16.3. The van der Waals surface area contributed by atoms with Crippen molar-refractivity contribution in [3.05, 3.63) is 0 Å². The van der Waals surface area contributed by atoms with E-state index < -0.39 is 0 Å². The molecule has 0 radical (unpaired) electrons. The topological polar surface area (TPSA) is 86.7 Å². The summed E-state index contributed by atoms with van der Waals surface area (Å²) in [6.45, 7) is 2.37. The van der Waals surface area contributed by atoms with Gasteiger partial charge < -0.3 is 10.4 Å². The van der Waals surface area contributed by atoms with Crippen LogP contribution in [0, 0.1) is 0 Å². The number of aliphatic hydroxyl groups is 1. The third-order valence-corrected chi connectivity index (χ3v) is 2.84. The second-order valence-corrected chi connectivity index (χ2v) is 4.53. The lowest BCUT2D eigenvalue weighted by atomic mass is 10.2. The largest absolute Gasteiger partial charge is 0.393 e. The Morgan fingerprint density at radius 3 is 2.56 bits per heavy atom. The van der Waals surface area contributed by atoms with Crippen molar-refractivity contribution in [1.29, 1.82) is 0 Å². The van der Waals surface area contributed by atoms with Gasteiger partial charge >= 0.3 is 0 Å². The molecular formula is C12H20N2O4. The lowest BCUT2D eigenvalue weighted by molar-refractivity contribution is -0.138. The quantitative estimate of drug-likeness (QED) is 0.488. The summed E-state index contributed by atoms with van der Waals surface area (Å²) < 4.78 is 0. The average molecular weight is 256 g/mol. The van der Waals surface area contributed by atoms with Crippen molar-refractivity contribution in [3.63, 3.8) is 0 Å². The van der Waals surface area contributed by atoms with Gasteiger partial charge in [-0.1, -0.05) is 0 Å². The molecule has 3 amide bonds. The van der Waals surface area contributed by atoms with Crippen molar-refractivity contribution >= 4 is 17.7 Å². The molecule has 0 aromatic rings. The number of carbonyl (C=O) groups is 3. The van der Waals surface area contributed by atoms with E-state index in [0.717, 1.165) is 4.90 Å². The molecule has 0 saturated carbocycles. The average Bonchev–Trinajstić information content (AvgIpc) is 2.62. The second kappa shape index (κ2) is 7.10. The number of carbonyl (C=O) groups excluding carboxylic acids is 3. The zero-order valence-corrected chi connectivity index (χ0v) is 10.6. The molecule has 6 heteroatoms. The predicted octanol–water partition coefficient (Wildman–Crippen LogP) is -0.197. The highest BCUT2D eigenvalue weighted by Crippen LogP contribution is 2.11. The molecule has 1 heterocycles. The van der Waals surface area contributed by atoms with E-state index in [1.54, 1.807) is 6.92 Å². The molecular weight excluding hydrogens is 236 g/mol. The number of aliphatic hydroxyl groups excluding tert-OH is 1. The third kappa shape index (κ3) is 4.83. The maximum atomic E-state index is 11.4. The highest BCUT2D eigenvalue weighted by Gasteiger charge is 2.28. The Morgan fingerprint density at radius 2 is 2.00 bits per heavy atom. The van der Waals surface area contributed by atoms with Crippen LogP contribution in [-0.2, 0) is 14.4 Å². The zero-order valence-electron chi connectivity index (χ0n) is 10.6. The Balaban J connectivity index is 2.13. The van der Waals surface area contributed by atoms with Gasteiger partial charge in [-0.15, -0.1) is 0 Å². The van der Waals surface area contributed by atoms with Gasteiger partial charge in [0.1, 0.15) is 0 Å². The molecule has 1 atom stereocenters. The van der Waals surface area contributed by atoms with Crippen LogP contribution in [-0.4, -0.2) is 46.9 Å². The van der Waals surface area contributed by atoms with Gasteiger partial charge in [0.05, 0.1) is 6.10 Å². The molecule has 0 aliphatic carbocycles. The maximum absolute atomic E-state index is 11.4. The van der Waals surface area contributed by atoms with Crippen molar-refractivity contribution < 1.29 is 19.5 Å². The summed E-state index contributed by atoms with van der Waals surface area (Å²) >= 11 is 0. The summed E-state index contributed by atoms with van der Waals surface area (Å²) in [4.78, 5) is 35.1. The Kier molecular flexibility index (Phi) is 5.77. The number of hydrogen-bond acceptors (Lipinski definition) is 4. The van der Waals surface area contributed by atoms with Crippen LogP contribution in [0.5, 0.6) is 0 Å². The Hall–Kier alpha value is -1.43. The van der Waals surface area contributed by atoms with Crippen LogP contribution in [0.1, 0.15) is 39.0 Å². The monoisotopic (exact) mass is 256 g/mol. The first kappa shape index (κ1) is 14.6. The van der Waals surface area contributed by atoms with Gasteiger partial charge in [-0.3, -0.25) is 19.3 Å². The van der Waals surface area contributed by atoms with Crippen molar-refractivity contribution in [3.8, 4) is 0 Å². The molecule has 0 aromatic carbocycles. The molecule has 0 bridgehead atoms. The van der Waals surface area contributed by atoms with Crippen LogP contribution >= 0.6 is 0 Å². The first-order chi connectivity index (χ1) is 8.50. The van der Waals surface area contributed by atoms with Crippen molar-refractivity contribution in [2.45, 2.75) is 45.1 Å². The fourth-order valence-corrected chi connectivity index (χ4v) is 1.80. The van der Waals surface area contributed by atoms with Crippen molar-refractivity contribution in [2.75, 3.05) is 13.1 Å². The van der Waals surface area contributed by atoms with E-state index in [-0.39, 0.29) is 49.6 Å². The standard InChI is InChI=1S/C12H20N2O4/c1-9(15)3-2-7-13-10(16)6-8-14-11(17)4-5-12(14)18/h9,15H,2-8H2,1H3,(H,13,16). The number of likely N-dealkylation sites (tertiary alicyclic amines) is 1. The first-order valence-corrected chi connectivity index (χ1v) is 6.28. The van der Waals surface area contributed by atoms with Gasteiger partial charge in [-0.05, 0) is 19.8 Å². The van der Waals surface area contributed by atoms with Crippen LogP contribution in [0.2, 0.25) is 0 Å². The van der Waals surface area contributed by atoms with Gasteiger partial charge in [0.15, 0.2) is 0 Å². The van der Waals surface area contributed by atoms with Crippen LogP contribution in [0.15, 0.2) is 0 Å². The molecule has 1 aliphatic rings. The summed E-state index contributed by atoms with van der Waals surface area (Å²) in [5, 5.41) is 11.7. The minimum Gasteiger partial charge on any atom is -0.393 e. The summed E-state index contributed by atoms with van der Waals surface area (Å²) in [7, 11) is 0. The van der Waals surface area contributed by atoms with Crippen molar-refractivity contribution in [2.24, 2.45) is 0 Å². The minimum atomic E-state index is -0.359. The van der Waals surface area contributed by atoms with E-state index in [4.69, 9.17) is 5.11 Å². The SMILES string of the molecule is CC(O)CCCNC(=O)CCN1C(=O)CCC1=O. The van der Waals surface area contributed by atoms with Gasteiger partial charge in [0, 0.05) is 32.4 Å². The number of imide groups is 1. The highest BCUT2D eigenvalue weighted by molar-refractivity contribution is 6.02. The van der Waals surface area contributed by atoms with E-state index >= 15 is 0 Å². The maximum Gasteiger partial charge on any atom is 0.229 e. The predicted molar refractivity (Wildman–Crippen MR) is 64.5 cm³/mol. The van der Waals surface area contributed by atoms with E-state index in [1.165, 1.54) is 0 Å². The van der Waals surface area contributed by atoms with Crippen LogP contribution in [0.25, 0.3) is 0 Å². The molecule has 1 saturated heterocycles. The lowest BCUT2D eigenvalue weighted by Crippen LogP contribution is -2.34. The van der Waals surface area contributed by atoms with Crippen LogP contribution < -0.4 is 5.32 Å². The Bertz CT molecular complexity index is 312. The molecule has 0 aromatic heterocycles. The van der Waals surface area contributed by atoms with E-state index in [0.29, 0.717) is 19.4 Å². The van der Waals surface area contributed by atoms with Crippen molar-refractivity contribution in [1.82, 2.24) is 10.2 Å². The van der Waals surface area contributed by atoms with Gasteiger partial charge in [-0.2, -0.15) is 0 Å². The van der Waals surface area contributed by atoms with Gasteiger partial charge in [0.25, 0.3) is 0 Å². The fourth-order valence-electron chi connectivity index (χ4n) is 1.80. The Labute approximate surface area is 106 Å². The minimum absolute atomic E-state index is 0.145. The van der Waals surface area contributed by atoms with E-state index in [1.807, 2.05) is 0 Å². The molecule has 2 N–H and O–H groups in total. The summed E-state index contributed by atoms with van der Waals surface area (Å²) in [5.74, 6) is -0.558. The number of nitrogens with zero attached hydrogens (tertiary/aromatic N) is 1.